The lowest BCUT2D eigenvalue weighted by atomic mass is 9.99. The fraction of sp³-hybridized carbons (Fsp3) is 0. The van der Waals surface area contributed by atoms with Gasteiger partial charge in [-0.2, -0.15) is 0 Å². The Kier molecular flexibility index (Phi) is 8.16. The summed E-state index contributed by atoms with van der Waals surface area (Å²) in [4.78, 5) is 0. The minimum Gasteiger partial charge on any atom is -0.309 e. The van der Waals surface area contributed by atoms with E-state index in [1.165, 1.54) is 55.2 Å². The van der Waals surface area contributed by atoms with Crippen molar-refractivity contribution in [1.82, 2.24) is 9.13 Å². The number of hydrogen-bond donors (Lipinski definition) is 0. The molecule has 0 unspecified atom stereocenters. The van der Waals surface area contributed by atoms with Crippen LogP contribution in [0.5, 0.6) is 0 Å². The molecule has 2 heteroatoms. The van der Waals surface area contributed by atoms with Gasteiger partial charge < -0.3 is 9.13 Å². The van der Waals surface area contributed by atoms with Crippen LogP contribution in [0.15, 0.2) is 207 Å². The molecule has 0 amide bonds. The van der Waals surface area contributed by atoms with Crippen LogP contribution < -0.4 is 0 Å². The van der Waals surface area contributed by atoms with Gasteiger partial charge in [0.2, 0.25) is 0 Å². The van der Waals surface area contributed by atoms with E-state index in [1.54, 1.807) is 0 Å². The largest absolute Gasteiger partial charge is 0.309 e. The SMILES string of the molecule is C=Cc1c(C=C)n(-c2ccc(-c3cccc(-c4ccccc4)c3)cc2)c2cc(-c3ccc4c5ccccc5n(-c5cccc(-c6ccccc6)c5)c4c3)ccc12. The van der Waals surface area contributed by atoms with E-state index in [2.05, 4.69) is 216 Å². The maximum atomic E-state index is 4.25. The molecule has 0 atom stereocenters. The van der Waals surface area contributed by atoms with Gasteiger partial charge in [-0.15, -0.1) is 0 Å². The zero-order chi connectivity index (χ0) is 37.6. The highest BCUT2D eigenvalue weighted by molar-refractivity contribution is 6.10. The third-order valence-corrected chi connectivity index (χ3v) is 11.1. The van der Waals surface area contributed by atoms with Crippen LogP contribution in [-0.2, 0) is 0 Å². The highest BCUT2D eigenvalue weighted by Gasteiger charge is 2.18. The van der Waals surface area contributed by atoms with Gasteiger partial charge in [0.05, 0.1) is 22.2 Å². The molecule has 0 bridgehead atoms. The predicted octanol–water partition coefficient (Wildman–Crippen LogP) is 14.7. The van der Waals surface area contributed by atoms with Crippen molar-refractivity contribution in [3.63, 3.8) is 0 Å². The van der Waals surface area contributed by atoms with Crippen molar-refractivity contribution in [3.05, 3.63) is 219 Å². The minimum atomic E-state index is 1.03. The first-order chi connectivity index (χ1) is 27.7. The first-order valence-electron chi connectivity index (χ1n) is 19.1. The van der Waals surface area contributed by atoms with Gasteiger partial charge in [-0.05, 0) is 99.1 Å². The Morgan fingerprint density at radius 1 is 0.304 bits per heavy atom. The summed E-state index contributed by atoms with van der Waals surface area (Å²) in [6, 6.07) is 70.0. The van der Waals surface area contributed by atoms with Crippen LogP contribution in [0, 0.1) is 0 Å². The fourth-order valence-electron chi connectivity index (χ4n) is 8.40. The van der Waals surface area contributed by atoms with Crippen LogP contribution >= 0.6 is 0 Å². The van der Waals surface area contributed by atoms with Gasteiger partial charge in [0, 0.05) is 33.1 Å². The average molecular weight is 715 g/mol. The first kappa shape index (κ1) is 33.2. The standard InChI is InChI=1S/C54H38N2/c1-3-47-49-31-27-43(35-53(49)55(51(47)4-2)45-29-25-39(26-30-45)41-20-13-19-40(33-41)37-15-7-5-8-16-37)44-28-32-50-48-23-11-12-24-52(48)56(54(50)36-44)46-22-14-21-42(34-46)38-17-9-6-10-18-38/h3-36H,1-2H2. The van der Waals surface area contributed by atoms with Gasteiger partial charge in [0.1, 0.15) is 0 Å². The van der Waals surface area contributed by atoms with Crippen molar-refractivity contribution in [2.75, 3.05) is 0 Å². The third kappa shape index (κ3) is 5.59. The Bertz CT molecular complexity index is 3090. The number of rotatable bonds is 8. The van der Waals surface area contributed by atoms with E-state index in [9.17, 15) is 0 Å². The van der Waals surface area contributed by atoms with Gasteiger partial charge in [0.15, 0.2) is 0 Å². The van der Waals surface area contributed by atoms with Crippen molar-refractivity contribution >= 4 is 44.9 Å². The lowest BCUT2D eigenvalue weighted by Gasteiger charge is -2.13. The molecular formula is C54H38N2. The quantitative estimate of drug-likeness (QED) is 0.148. The summed E-state index contributed by atoms with van der Waals surface area (Å²) in [5.41, 5.74) is 17.3. The molecule has 10 rings (SSSR count). The summed E-state index contributed by atoms with van der Waals surface area (Å²) in [6.45, 7) is 8.47. The summed E-state index contributed by atoms with van der Waals surface area (Å²) in [5, 5.41) is 3.62. The van der Waals surface area contributed by atoms with Gasteiger partial charge in [-0.3, -0.25) is 0 Å². The topological polar surface area (TPSA) is 9.86 Å². The molecule has 0 aliphatic rings. The van der Waals surface area contributed by atoms with Crippen molar-refractivity contribution in [2.45, 2.75) is 0 Å². The average Bonchev–Trinajstić information content (AvgIpc) is 3.78. The summed E-state index contributed by atoms with van der Waals surface area (Å²) >= 11 is 0. The number of fused-ring (bicyclic) bond motifs is 4. The second kappa shape index (κ2) is 13.8. The fourth-order valence-corrected chi connectivity index (χ4v) is 8.40. The molecule has 8 aromatic carbocycles. The van der Waals surface area contributed by atoms with Gasteiger partial charge in [-0.25, -0.2) is 0 Å². The van der Waals surface area contributed by atoms with Crippen molar-refractivity contribution in [2.24, 2.45) is 0 Å². The second-order valence-electron chi connectivity index (χ2n) is 14.3. The van der Waals surface area contributed by atoms with Crippen LogP contribution in [-0.4, -0.2) is 9.13 Å². The molecule has 0 aliphatic heterocycles. The van der Waals surface area contributed by atoms with E-state index in [-0.39, 0.29) is 0 Å². The Hall–Kier alpha value is -7.42. The molecule has 0 saturated carbocycles. The molecule has 2 heterocycles. The highest BCUT2D eigenvalue weighted by atomic mass is 15.0. The molecule has 10 aromatic rings. The third-order valence-electron chi connectivity index (χ3n) is 11.1. The van der Waals surface area contributed by atoms with E-state index in [0.717, 1.165) is 44.7 Å². The number of para-hydroxylation sites is 1. The predicted molar refractivity (Wildman–Crippen MR) is 240 cm³/mol. The smallest absolute Gasteiger partial charge is 0.0547 e. The normalized spacial score (nSPS) is 11.4. The molecule has 2 aromatic heterocycles. The van der Waals surface area contributed by atoms with Crippen molar-refractivity contribution < 1.29 is 0 Å². The van der Waals surface area contributed by atoms with Crippen molar-refractivity contribution in [3.8, 4) is 55.9 Å². The van der Waals surface area contributed by atoms with Crippen LogP contribution in [0.4, 0.5) is 0 Å². The maximum absolute atomic E-state index is 4.25. The van der Waals surface area contributed by atoms with Crippen LogP contribution in [0.2, 0.25) is 0 Å². The second-order valence-corrected chi connectivity index (χ2v) is 14.3. The Morgan fingerprint density at radius 2 is 0.786 bits per heavy atom. The van der Waals surface area contributed by atoms with E-state index in [1.807, 2.05) is 12.2 Å². The number of benzene rings is 8. The number of aromatic nitrogens is 2. The first-order valence-corrected chi connectivity index (χ1v) is 19.1. The highest BCUT2D eigenvalue weighted by Crippen LogP contribution is 2.39. The molecule has 0 spiro atoms. The molecule has 0 N–H and O–H groups in total. The molecule has 0 radical (unpaired) electrons. The Morgan fingerprint density at radius 3 is 1.43 bits per heavy atom. The summed E-state index contributed by atoms with van der Waals surface area (Å²) in [6.07, 6.45) is 3.90. The minimum absolute atomic E-state index is 1.03. The lowest BCUT2D eigenvalue weighted by Crippen LogP contribution is -1.97. The van der Waals surface area contributed by atoms with E-state index in [0.29, 0.717) is 0 Å². The van der Waals surface area contributed by atoms with Crippen LogP contribution in [0.25, 0.3) is 101 Å². The summed E-state index contributed by atoms with van der Waals surface area (Å²) in [7, 11) is 0. The molecule has 0 aliphatic carbocycles. The molecule has 2 nitrogen and oxygen atoms in total. The lowest BCUT2D eigenvalue weighted by molar-refractivity contribution is 1.11. The van der Waals surface area contributed by atoms with Gasteiger partial charge in [-0.1, -0.05) is 165 Å². The van der Waals surface area contributed by atoms with Crippen molar-refractivity contribution in [1.29, 1.82) is 0 Å². The zero-order valence-corrected chi connectivity index (χ0v) is 30.9. The maximum Gasteiger partial charge on any atom is 0.0547 e. The summed E-state index contributed by atoms with van der Waals surface area (Å²) in [5.74, 6) is 0. The molecule has 56 heavy (non-hydrogen) atoms. The summed E-state index contributed by atoms with van der Waals surface area (Å²) < 4.78 is 4.72. The Balaban J connectivity index is 1.09. The molecule has 264 valence electrons. The van der Waals surface area contributed by atoms with Gasteiger partial charge in [0.25, 0.3) is 0 Å². The number of nitrogens with zero attached hydrogens (tertiary/aromatic N) is 2. The molecular weight excluding hydrogens is 677 g/mol. The van der Waals surface area contributed by atoms with Gasteiger partial charge >= 0.3 is 0 Å². The molecule has 0 saturated heterocycles. The monoisotopic (exact) mass is 714 g/mol. The Labute approximate surface area is 327 Å². The van der Waals surface area contributed by atoms with E-state index < -0.39 is 0 Å². The number of hydrogen-bond acceptors (Lipinski definition) is 0. The van der Waals surface area contributed by atoms with Crippen LogP contribution in [0.1, 0.15) is 11.3 Å². The van der Waals surface area contributed by atoms with E-state index in [4.69, 9.17) is 0 Å². The van der Waals surface area contributed by atoms with E-state index >= 15 is 0 Å². The zero-order valence-electron chi connectivity index (χ0n) is 30.9. The molecule has 0 fully saturated rings. The van der Waals surface area contributed by atoms with Crippen LogP contribution in [0.3, 0.4) is 0 Å².